The van der Waals surface area contributed by atoms with Gasteiger partial charge in [-0.3, -0.25) is 4.90 Å². The molecule has 2 aliphatic rings. The summed E-state index contributed by atoms with van der Waals surface area (Å²) < 4.78 is 8.12. The number of hydrogen-bond acceptors (Lipinski definition) is 3. The Kier molecular flexibility index (Phi) is 5.94. The summed E-state index contributed by atoms with van der Waals surface area (Å²) in [6.45, 7) is 4.04. The lowest BCUT2D eigenvalue weighted by molar-refractivity contribution is -0.0366. The van der Waals surface area contributed by atoms with E-state index in [1.807, 2.05) is 6.20 Å². The molecule has 4 aromatic rings. The molecule has 3 heterocycles. The first kappa shape index (κ1) is 21.6. The van der Waals surface area contributed by atoms with Crippen molar-refractivity contribution >= 4 is 10.9 Å². The molecule has 174 valence electrons. The van der Waals surface area contributed by atoms with Gasteiger partial charge in [0.2, 0.25) is 0 Å². The van der Waals surface area contributed by atoms with Gasteiger partial charge in [-0.05, 0) is 67.5 Å². The van der Waals surface area contributed by atoms with E-state index >= 15 is 0 Å². The van der Waals surface area contributed by atoms with Crippen molar-refractivity contribution < 1.29 is 4.74 Å². The average molecular weight is 452 g/mol. The number of nitrogens with zero attached hydrogens (tertiary/aromatic N) is 3. The summed E-state index contributed by atoms with van der Waals surface area (Å²) >= 11 is 0. The second kappa shape index (κ2) is 9.36. The maximum atomic E-state index is 6.02. The van der Waals surface area contributed by atoms with Crippen molar-refractivity contribution in [2.24, 2.45) is 0 Å². The minimum absolute atomic E-state index is 0.0724. The molecule has 2 atom stereocenters. The molecule has 0 unspecified atom stereocenters. The maximum absolute atomic E-state index is 6.02. The predicted octanol–water partition coefficient (Wildman–Crippen LogP) is 6.12. The summed E-state index contributed by atoms with van der Waals surface area (Å²) in [6, 6.07) is 28.9. The van der Waals surface area contributed by atoms with Gasteiger partial charge in [0.05, 0.1) is 11.7 Å². The number of likely N-dealkylation sites (tertiary alicyclic amines) is 1. The number of ether oxygens (including phenoxy) is 1. The van der Waals surface area contributed by atoms with Crippen molar-refractivity contribution in [2.45, 2.75) is 50.3 Å². The Balaban J connectivity index is 1.32. The SMILES string of the molecule is c1ccc(CN2CC[C@](Cc3ccccc3)(c3ccc4c(cnn4[C@H]4CCCCO4)c3)C2)cc1. The van der Waals surface area contributed by atoms with Crippen molar-refractivity contribution in [2.75, 3.05) is 19.7 Å². The lowest BCUT2D eigenvalue weighted by Crippen LogP contribution is -2.33. The van der Waals surface area contributed by atoms with Gasteiger partial charge in [0.1, 0.15) is 0 Å². The van der Waals surface area contributed by atoms with Crippen LogP contribution in [0.2, 0.25) is 0 Å². The minimum Gasteiger partial charge on any atom is -0.356 e. The fourth-order valence-corrected chi connectivity index (χ4v) is 5.93. The van der Waals surface area contributed by atoms with Gasteiger partial charge in [-0.1, -0.05) is 66.7 Å². The fraction of sp³-hybridized carbons (Fsp3) is 0.367. The van der Waals surface area contributed by atoms with Crippen LogP contribution in [0.1, 0.15) is 48.6 Å². The molecule has 4 heteroatoms. The highest BCUT2D eigenvalue weighted by Crippen LogP contribution is 2.40. The quantitative estimate of drug-likeness (QED) is 0.354. The summed E-state index contributed by atoms with van der Waals surface area (Å²) in [5, 5.41) is 5.97. The molecule has 2 fully saturated rings. The van der Waals surface area contributed by atoms with Crippen molar-refractivity contribution in [3.05, 3.63) is 102 Å². The Morgan fingerprint density at radius 1 is 0.912 bits per heavy atom. The predicted molar refractivity (Wildman–Crippen MR) is 137 cm³/mol. The first-order valence-electron chi connectivity index (χ1n) is 12.7. The lowest BCUT2D eigenvalue weighted by atomic mass is 9.74. The molecule has 0 aliphatic carbocycles. The van der Waals surface area contributed by atoms with Gasteiger partial charge in [-0.2, -0.15) is 5.10 Å². The van der Waals surface area contributed by atoms with Crippen molar-refractivity contribution in [3.8, 4) is 0 Å². The zero-order valence-electron chi connectivity index (χ0n) is 19.8. The van der Waals surface area contributed by atoms with E-state index in [-0.39, 0.29) is 11.6 Å². The molecule has 0 bridgehead atoms. The number of hydrogen-bond donors (Lipinski definition) is 0. The third-order valence-electron chi connectivity index (χ3n) is 7.70. The van der Waals surface area contributed by atoms with E-state index in [0.717, 1.165) is 45.5 Å². The van der Waals surface area contributed by atoms with Crippen LogP contribution in [-0.2, 0) is 23.1 Å². The molecule has 1 aromatic heterocycles. The van der Waals surface area contributed by atoms with Gasteiger partial charge >= 0.3 is 0 Å². The molecule has 0 saturated carbocycles. The summed E-state index contributed by atoms with van der Waals surface area (Å²) in [5.74, 6) is 0. The zero-order chi connectivity index (χ0) is 22.8. The van der Waals surface area contributed by atoms with Crippen LogP contribution in [-0.4, -0.2) is 34.4 Å². The van der Waals surface area contributed by atoms with E-state index in [1.165, 1.54) is 40.4 Å². The van der Waals surface area contributed by atoms with E-state index in [1.54, 1.807) is 0 Å². The van der Waals surface area contributed by atoms with Crippen molar-refractivity contribution in [3.63, 3.8) is 0 Å². The first-order valence-corrected chi connectivity index (χ1v) is 12.7. The van der Waals surface area contributed by atoms with Crippen LogP contribution in [0.3, 0.4) is 0 Å². The molecule has 0 radical (unpaired) electrons. The zero-order valence-corrected chi connectivity index (χ0v) is 19.8. The largest absolute Gasteiger partial charge is 0.356 e. The monoisotopic (exact) mass is 451 g/mol. The van der Waals surface area contributed by atoms with Crippen molar-refractivity contribution in [1.29, 1.82) is 0 Å². The number of fused-ring (bicyclic) bond motifs is 1. The molecule has 34 heavy (non-hydrogen) atoms. The molecule has 4 nitrogen and oxygen atoms in total. The Morgan fingerprint density at radius 3 is 2.47 bits per heavy atom. The molecule has 0 N–H and O–H groups in total. The van der Waals surface area contributed by atoms with Gasteiger partial charge in [-0.25, -0.2) is 4.68 Å². The minimum atomic E-state index is 0.0724. The Morgan fingerprint density at radius 2 is 1.71 bits per heavy atom. The molecule has 3 aromatic carbocycles. The van der Waals surface area contributed by atoms with E-state index < -0.39 is 0 Å². The van der Waals surface area contributed by atoms with Crippen LogP contribution >= 0.6 is 0 Å². The Labute approximate surface area is 202 Å². The maximum Gasteiger partial charge on any atom is 0.150 e. The molecule has 6 rings (SSSR count). The molecular weight excluding hydrogens is 418 g/mol. The standard InChI is InChI=1S/C30H33N3O/c1-3-9-24(10-4-1)20-30(16-17-32(23-30)22-25-11-5-2-6-12-25)27-14-15-28-26(19-27)21-31-33(28)29-13-7-8-18-34-29/h1-6,9-12,14-15,19,21,29H,7-8,13,16-18,20,22-23H2/t29-,30-/m1/s1. The third kappa shape index (κ3) is 4.28. The molecular formula is C30H33N3O. The van der Waals surface area contributed by atoms with Crippen LogP contribution < -0.4 is 0 Å². The van der Waals surface area contributed by atoms with Gasteiger partial charge in [-0.15, -0.1) is 0 Å². The van der Waals surface area contributed by atoms with E-state index in [4.69, 9.17) is 9.84 Å². The fourth-order valence-electron chi connectivity index (χ4n) is 5.93. The molecule has 0 amide bonds. The summed E-state index contributed by atoms with van der Waals surface area (Å²) in [5.41, 5.74) is 5.53. The van der Waals surface area contributed by atoms with Crippen molar-refractivity contribution in [1.82, 2.24) is 14.7 Å². The van der Waals surface area contributed by atoms with E-state index in [0.29, 0.717) is 0 Å². The second-order valence-electron chi connectivity index (χ2n) is 10.1. The third-order valence-corrected chi connectivity index (χ3v) is 7.70. The van der Waals surface area contributed by atoms with Crippen LogP contribution in [0.5, 0.6) is 0 Å². The van der Waals surface area contributed by atoms with E-state index in [9.17, 15) is 0 Å². The second-order valence-corrected chi connectivity index (χ2v) is 10.1. The smallest absolute Gasteiger partial charge is 0.150 e. The van der Waals surface area contributed by atoms with Gasteiger partial charge in [0.15, 0.2) is 6.23 Å². The Bertz CT molecular complexity index is 1230. The van der Waals surface area contributed by atoms with E-state index in [2.05, 4.69) is 88.4 Å². The molecule has 2 aliphatic heterocycles. The highest BCUT2D eigenvalue weighted by atomic mass is 16.5. The lowest BCUT2D eigenvalue weighted by Gasteiger charge is -2.31. The first-order chi connectivity index (χ1) is 16.8. The van der Waals surface area contributed by atoms with Gasteiger partial charge in [0.25, 0.3) is 0 Å². The number of rotatable bonds is 6. The average Bonchev–Trinajstić information content (AvgIpc) is 3.50. The number of aromatic nitrogens is 2. The topological polar surface area (TPSA) is 30.3 Å². The normalized spacial score (nSPS) is 23.5. The van der Waals surface area contributed by atoms with Gasteiger partial charge in [0, 0.05) is 30.5 Å². The van der Waals surface area contributed by atoms with Crippen LogP contribution in [0.15, 0.2) is 85.1 Å². The molecule has 2 saturated heterocycles. The summed E-state index contributed by atoms with van der Waals surface area (Å²) in [7, 11) is 0. The van der Waals surface area contributed by atoms with Crippen LogP contribution in [0.4, 0.5) is 0 Å². The summed E-state index contributed by atoms with van der Waals surface area (Å²) in [4.78, 5) is 2.63. The molecule has 0 spiro atoms. The number of benzene rings is 3. The highest BCUT2D eigenvalue weighted by Gasteiger charge is 2.40. The highest BCUT2D eigenvalue weighted by molar-refractivity contribution is 5.80. The van der Waals surface area contributed by atoms with Crippen LogP contribution in [0, 0.1) is 0 Å². The Hall–Kier alpha value is -2.95. The van der Waals surface area contributed by atoms with Crippen LogP contribution in [0.25, 0.3) is 10.9 Å². The van der Waals surface area contributed by atoms with Gasteiger partial charge < -0.3 is 4.74 Å². The summed E-state index contributed by atoms with van der Waals surface area (Å²) in [6.07, 6.45) is 7.74.